The molecule has 0 unspecified atom stereocenters. The number of rotatable bonds is 6. The molecule has 0 saturated carbocycles. The van der Waals surface area contributed by atoms with Gasteiger partial charge in [-0.25, -0.2) is 4.90 Å². The third-order valence-corrected chi connectivity index (χ3v) is 5.63. The van der Waals surface area contributed by atoms with Crippen LogP contribution in [0.4, 0.5) is 11.4 Å². The lowest BCUT2D eigenvalue weighted by atomic mass is 10.0. The van der Waals surface area contributed by atoms with Crippen molar-refractivity contribution in [2.24, 2.45) is 0 Å². The van der Waals surface area contributed by atoms with Crippen molar-refractivity contribution in [3.8, 4) is 5.75 Å². The van der Waals surface area contributed by atoms with Gasteiger partial charge in [-0.2, -0.15) is 0 Å². The molecular weight excluding hydrogens is 412 g/mol. The average molecular weight is 441 g/mol. The van der Waals surface area contributed by atoms with Crippen LogP contribution in [0.3, 0.4) is 0 Å². The minimum Gasteiger partial charge on any atom is -0.494 e. The van der Waals surface area contributed by atoms with Crippen LogP contribution in [0.15, 0.2) is 66.4 Å². The quantitative estimate of drug-likeness (QED) is 0.499. The Kier molecular flexibility index (Phi) is 6.05. The Morgan fingerprint density at radius 2 is 1.45 bits per heavy atom. The maximum absolute atomic E-state index is 13.7. The molecule has 5 heteroatoms. The number of anilines is 2. The molecule has 5 nitrogen and oxygen atoms in total. The molecule has 1 aliphatic heterocycles. The highest BCUT2D eigenvalue weighted by Crippen LogP contribution is 2.36. The normalized spacial score (nSPS) is 13.7. The molecule has 1 heterocycles. The summed E-state index contributed by atoms with van der Waals surface area (Å²) in [6.45, 7) is 10.3. The molecule has 168 valence electrons. The molecule has 3 aromatic rings. The van der Waals surface area contributed by atoms with Crippen LogP contribution in [0.2, 0.25) is 0 Å². The van der Waals surface area contributed by atoms with Crippen molar-refractivity contribution in [2.45, 2.75) is 34.6 Å². The number of nitrogens with zero attached hydrogens (tertiary/aromatic N) is 1. The van der Waals surface area contributed by atoms with Crippen LogP contribution in [0.25, 0.3) is 5.57 Å². The molecule has 33 heavy (non-hydrogen) atoms. The molecule has 0 aromatic heterocycles. The van der Waals surface area contributed by atoms with E-state index in [2.05, 4.69) is 11.4 Å². The fourth-order valence-electron chi connectivity index (χ4n) is 4.17. The van der Waals surface area contributed by atoms with Crippen molar-refractivity contribution in [3.63, 3.8) is 0 Å². The molecule has 1 aliphatic rings. The van der Waals surface area contributed by atoms with E-state index in [0.29, 0.717) is 29.2 Å². The number of carbonyl (C=O) groups excluding carboxylic acids is 2. The summed E-state index contributed by atoms with van der Waals surface area (Å²) in [4.78, 5) is 28.6. The van der Waals surface area contributed by atoms with Crippen LogP contribution in [0.5, 0.6) is 5.75 Å². The number of imide groups is 1. The molecule has 3 aromatic carbocycles. The van der Waals surface area contributed by atoms with Crippen molar-refractivity contribution in [2.75, 3.05) is 16.8 Å². The second-order valence-electron chi connectivity index (χ2n) is 8.44. The van der Waals surface area contributed by atoms with Crippen molar-refractivity contribution >= 4 is 28.8 Å². The van der Waals surface area contributed by atoms with Gasteiger partial charge in [0.15, 0.2) is 0 Å². The van der Waals surface area contributed by atoms with Gasteiger partial charge in [-0.3, -0.25) is 9.59 Å². The zero-order chi connectivity index (χ0) is 23.7. The first-order valence-corrected chi connectivity index (χ1v) is 11.1. The van der Waals surface area contributed by atoms with Gasteiger partial charge in [0.05, 0.1) is 17.9 Å². The number of benzene rings is 3. The van der Waals surface area contributed by atoms with Crippen LogP contribution < -0.4 is 15.0 Å². The minimum absolute atomic E-state index is 0.273. The summed E-state index contributed by atoms with van der Waals surface area (Å²) < 4.78 is 5.55. The van der Waals surface area contributed by atoms with Gasteiger partial charge in [0.2, 0.25) is 0 Å². The van der Waals surface area contributed by atoms with E-state index in [4.69, 9.17) is 4.74 Å². The zero-order valence-corrected chi connectivity index (χ0v) is 19.7. The lowest BCUT2D eigenvalue weighted by molar-refractivity contribution is -0.120. The summed E-state index contributed by atoms with van der Waals surface area (Å²) in [7, 11) is 0. The number of carbonyl (C=O) groups is 2. The van der Waals surface area contributed by atoms with E-state index in [1.54, 1.807) is 0 Å². The Labute approximate surface area is 194 Å². The SMILES string of the molecule is CCOc1ccc(C2=C(Nc3cc(C)cc(C)c3)C(=O)N(c3cc(C)ccc3C)C2=O)cc1. The molecule has 4 rings (SSSR count). The maximum Gasteiger partial charge on any atom is 0.282 e. The van der Waals surface area contributed by atoms with Gasteiger partial charge < -0.3 is 10.1 Å². The predicted molar refractivity (Wildman–Crippen MR) is 132 cm³/mol. The number of hydrogen-bond acceptors (Lipinski definition) is 4. The van der Waals surface area contributed by atoms with E-state index in [1.807, 2.05) is 89.2 Å². The Morgan fingerprint density at radius 1 is 0.788 bits per heavy atom. The van der Waals surface area contributed by atoms with Crippen LogP contribution in [-0.2, 0) is 9.59 Å². The Morgan fingerprint density at radius 3 is 2.09 bits per heavy atom. The fourth-order valence-corrected chi connectivity index (χ4v) is 4.17. The van der Waals surface area contributed by atoms with E-state index >= 15 is 0 Å². The molecule has 0 saturated heterocycles. The first-order valence-electron chi connectivity index (χ1n) is 11.1. The number of hydrogen-bond donors (Lipinski definition) is 1. The zero-order valence-electron chi connectivity index (χ0n) is 19.7. The molecule has 0 bridgehead atoms. The van der Waals surface area contributed by atoms with Gasteiger partial charge >= 0.3 is 0 Å². The molecule has 2 amide bonds. The van der Waals surface area contributed by atoms with E-state index < -0.39 is 0 Å². The Bertz CT molecular complexity index is 1250. The van der Waals surface area contributed by atoms with Crippen molar-refractivity contribution in [1.82, 2.24) is 0 Å². The van der Waals surface area contributed by atoms with Gasteiger partial charge in [0.25, 0.3) is 11.8 Å². The largest absolute Gasteiger partial charge is 0.494 e. The highest BCUT2D eigenvalue weighted by atomic mass is 16.5. The van der Waals surface area contributed by atoms with Crippen LogP contribution in [-0.4, -0.2) is 18.4 Å². The van der Waals surface area contributed by atoms with Crippen molar-refractivity contribution < 1.29 is 14.3 Å². The van der Waals surface area contributed by atoms with Crippen molar-refractivity contribution in [1.29, 1.82) is 0 Å². The van der Waals surface area contributed by atoms with E-state index in [-0.39, 0.29) is 17.5 Å². The van der Waals surface area contributed by atoms with Crippen LogP contribution >= 0.6 is 0 Å². The summed E-state index contributed by atoms with van der Waals surface area (Å²) >= 11 is 0. The van der Waals surface area contributed by atoms with Gasteiger partial charge in [-0.1, -0.05) is 30.3 Å². The molecular formula is C28H28N2O3. The van der Waals surface area contributed by atoms with Crippen molar-refractivity contribution in [3.05, 3.63) is 94.2 Å². The second kappa shape index (κ2) is 8.94. The summed E-state index contributed by atoms with van der Waals surface area (Å²) in [5.74, 6) is 0.00954. The van der Waals surface area contributed by atoms with Gasteiger partial charge in [-0.15, -0.1) is 0 Å². The maximum atomic E-state index is 13.7. The highest BCUT2D eigenvalue weighted by molar-refractivity contribution is 6.46. The predicted octanol–water partition coefficient (Wildman–Crippen LogP) is 5.72. The number of aryl methyl sites for hydroxylation is 4. The fraction of sp³-hybridized carbons (Fsp3) is 0.214. The number of nitrogens with one attached hydrogen (secondary N) is 1. The monoisotopic (exact) mass is 440 g/mol. The van der Waals surface area contributed by atoms with Gasteiger partial charge in [0.1, 0.15) is 11.4 Å². The topological polar surface area (TPSA) is 58.6 Å². The van der Waals surface area contributed by atoms with Gasteiger partial charge in [-0.05, 0) is 92.8 Å². The minimum atomic E-state index is -0.364. The Hall–Kier alpha value is -3.86. The highest BCUT2D eigenvalue weighted by Gasteiger charge is 2.40. The summed E-state index contributed by atoms with van der Waals surface area (Å²) in [5.41, 5.74) is 6.65. The first-order chi connectivity index (χ1) is 15.8. The van der Waals surface area contributed by atoms with Crippen LogP contribution in [0, 0.1) is 27.7 Å². The summed E-state index contributed by atoms with van der Waals surface area (Å²) in [6.07, 6.45) is 0. The molecule has 0 aliphatic carbocycles. The van der Waals surface area contributed by atoms with Crippen LogP contribution in [0.1, 0.15) is 34.7 Å². The van der Waals surface area contributed by atoms with E-state index in [9.17, 15) is 9.59 Å². The number of amides is 2. The molecule has 0 spiro atoms. The smallest absolute Gasteiger partial charge is 0.282 e. The Balaban J connectivity index is 1.84. The van der Waals surface area contributed by atoms with E-state index in [0.717, 1.165) is 27.9 Å². The third kappa shape index (κ3) is 4.40. The lowest BCUT2D eigenvalue weighted by Gasteiger charge is -2.18. The summed E-state index contributed by atoms with van der Waals surface area (Å²) in [6, 6.07) is 19.1. The molecule has 0 atom stereocenters. The van der Waals surface area contributed by atoms with Gasteiger partial charge in [0, 0.05) is 5.69 Å². The molecule has 1 N–H and O–H groups in total. The van der Waals surface area contributed by atoms with E-state index in [1.165, 1.54) is 4.90 Å². The third-order valence-electron chi connectivity index (χ3n) is 5.63. The average Bonchev–Trinajstić information content (AvgIpc) is 2.99. The standard InChI is InChI=1S/C28H28N2O3/c1-6-33-23-11-9-21(10-12-23)25-26(29-22-14-18(3)13-19(4)15-22)28(32)30(27(25)31)24-16-17(2)7-8-20(24)5/h7-16,29H,6H2,1-5H3. The molecule has 0 radical (unpaired) electrons. The second-order valence-corrected chi connectivity index (χ2v) is 8.44. The number of ether oxygens (including phenoxy) is 1. The summed E-state index contributed by atoms with van der Waals surface area (Å²) in [5, 5.41) is 3.26. The lowest BCUT2D eigenvalue weighted by Crippen LogP contribution is -2.33. The molecule has 0 fully saturated rings. The first kappa shape index (κ1) is 22.3.